The van der Waals surface area contributed by atoms with Crippen molar-refractivity contribution in [3.8, 4) is 0 Å². The molecule has 0 aliphatic carbocycles. The summed E-state index contributed by atoms with van der Waals surface area (Å²) in [6.07, 6.45) is -4.34. The molecular weight excluding hydrogens is 532 g/mol. The van der Waals surface area contributed by atoms with E-state index in [1.54, 1.807) is 11.9 Å². The van der Waals surface area contributed by atoms with E-state index in [2.05, 4.69) is 9.80 Å². The quantitative estimate of drug-likeness (QED) is 0.327. The average Bonchev–Trinajstić information content (AvgIpc) is 2.94. The van der Waals surface area contributed by atoms with Crippen LogP contribution in [-0.4, -0.2) is 66.4 Å². The van der Waals surface area contributed by atoms with Crippen LogP contribution in [0.1, 0.15) is 66.8 Å². The first kappa shape index (κ1) is 30.4. The van der Waals surface area contributed by atoms with E-state index in [0.29, 0.717) is 24.7 Å². The molecule has 1 unspecified atom stereocenters. The van der Waals surface area contributed by atoms with Crippen molar-refractivity contribution in [1.82, 2.24) is 14.7 Å². The lowest BCUT2D eigenvalue weighted by molar-refractivity contribution is -0.143. The number of carbonyl (C=O) groups excluding carboxylic acids is 1. The van der Waals surface area contributed by atoms with Crippen LogP contribution in [0.2, 0.25) is 0 Å². The van der Waals surface area contributed by atoms with Crippen molar-refractivity contribution < 1.29 is 31.1 Å². The summed E-state index contributed by atoms with van der Waals surface area (Å²) < 4.78 is 79.3. The highest BCUT2D eigenvalue weighted by molar-refractivity contribution is 5.76. The number of alkyl halides is 6. The molecule has 0 aromatic heterocycles. The maximum Gasteiger partial charge on any atom is 0.416 e. The Morgan fingerprint density at radius 1 is 0.875 bits per heavy atom. The van der Waals surface area contributed by atoms with Gasteiger partial charge in [0.15, 0.2) is 0 Å². The van der Waals surface area contributed by atoms with Crippen molar-refractivity contribution in [3.63, 3.8) is 0 Å². The molecule has 0 spiro atoms. The molecule has 0 N–H and O–H groups in total. The van der Waals surface area contributed by atoms with Crippen LogP contribution in [0.15, 0.2) is 48.5 Å². The lowest BCUT2D eigenvalue weighted by Crippen LogP contribution is -2.49. The summed E-state index contributed by atoms with van der Waals surface area (Å²) in [5, 5.41) is 0. The van der Waals surface area contributed by atoms with Gasteiger partial charge < -0.3 is 9.80 Å². The second kappa shape index (κ2) is 12.9. The number of aryl methyl sites for hydroxylation is 1. The Balaban J connectivity index is 1.41. The maximum atomic E-state index is 13.2. The van der Waals surface area contributed by atoms with Crippen LogP contribution < -0.4 is 0 Å². The highest BCUT2D eigenvalue weighted by atomic mass is 19.4. The SMILES string of the molecule is CN(CC(c1ccccc1)N1CCC(N2CCCCC2)CC1)C(=O)CCc1cc(C(F)(F)F)cc(C(F)(F)F)c1. The Labute approximate surface area is 231 Å². The molecule has 10 heteroatoms. The Bertz CT molecular complexity index is 1070. The van der Waals surface area contributed by atoms with E-state index >= 15 is 0 Å². The van der Waals surface area contributed by atoms with Gasteiger partial charge in [0.1, 0.15) is 0 Å². The number of benzene rings is 2. The number of halogens is 6. The number of amides is 1. The fourth-order valence-electron chi connectivity index (χ4n) is 5.92. The van der Waals surface area contributed by atoms with E-state index in [1.165, 1.54) is 19.3 Å². The van der Waals surface area contributed by atoms with Crippen LogP contribution >= 0.6 is 0 Å². The first-order valence-electron chi connectivity index (χ1n) is 14.0. The Morgan fingerprint density at radius 3 is 2.00 bits per heavy atom. The van der Waals surface area contributed by atoms with Gasteiger partial charge in [-0.3, -0.25) is 9.69 Å². The third-order valence-corrected chi connectivity index (χ3v) is 8.18. The molecule has 1 amide bonds. The fourth-order valence-corrected chi connectivity index (χ4v) is 5.92. The second-order valence-electron chi connectivity index (χ2n) is 11.0. The van der Waals surface area contributed by atoms with Crippen LogP contribution in [0.3, 0.4) is 0 Å². The molecule has 40 heavy (non-hydrogen) atoms. The maximum absolute atomic E-state index is 13.2. The number of carbonyl (C=O) groups is 1. The van der Waals surface area contributed by atoms with Gasteiger partial charge in [-0.1, -0.05) is 36.8 Å². The lowest BCUT2D eigenvalue weighted by Gasteiger charge is -2.43. The van der Waals surface area contributed by atoms with Crippen LogP contribution in [0, 0.1) is 0 Å². The number of likely N-dealkylation sites (tertiary alicyclic amines) is 2. The van der Waals surface area contributed by atoms with Gasteiger partial charge in [0.25, 0.3) is 0 Å². The van der Waals surface area contributed by atoms with Crippen molar-refractivity contribution in [2.75, 3.05) is 39.8 Å². The molecular formula is C30H37F6N3O. The summed E-state index contributed by atoms with van der Waals surface area (Å²) in [5.41, 5.74) is -1.82. The summed E-state index contributed by atoms with van der Waals surface area (Å²) in [4.78, 5) is 19.6. The zero-order valence-electron chi connectivity index (χ0n) is 22.8. The van der Waals surface area contributed by atoms with Crippen molar-refractivity contribution in [2.45, 2.75) is 69.4 Å². The molecule has 2 aliphatic heterocycles. The molecule has 1 atom stereocenters. The van der Waals surface area contributed by atoms with Crippen LogP contribution in [-0.2, 0) is 23.6 Å². The minimum Gasteiger partial charge on any atom is -0.344 e. The smallest absolute Gasteiger partial charge is 0.344 e. The predicted molar refractivity (Wildman–Crippen MR) is 142 cm³/mol. The van der Waals surface area contributed by atoms with Crippen LogP contribution in [0.4, 0.5) is 26.3 Å². The zero-order valence-corrected chi connectivity index (χ0v) is 22.8. The van der Waals surface area contributed by atoms with Crippen molar-refractivity contribution in [2.24, 2.45) is 0 Å². The van der Waals surface area contributed by atoms with Crippen LogP contribution in [0.25, 0.3) is 0 Å². The van der Waals surface area contributed by atoms with E-state index in [4.69, 9.17) is 0 Å². The first-order chi connectivity index (χ1) is 18.9. The average molecular weight is 570 g/mol. The number of rotatable bonds is 8. The number of nitrogens with zero attached hydrogens (tertiary/aromatic N) is 3. The molecule has 0 saturated carbocycles. The monoisotopic (exact) mass is 569 g/mol. The van der Waals surface area contributed by atoms with Crippen molar-refractivity contribution >= 4 is 5.91 Å². The van der Waals surface area contributed by atoms with E-state index in [9.17, 15) is 31.1 Å². The van der Waals surface area contributed by atoms with Crippen LogP contribution in [0.5, 0.6) is 0 Å². The Kier molecular flexibility index (Phi) is 9.82. The van der Waals surface area contributed by atoms with Gasteiger partial charge in [0.05, 0.1) is 17.2 Å². The molecule has 2 fully saturated rings. The fraction of sp³-hybridized carbons (Fsp3) is 0.567. The van der Waals surface area contributed by atoms with E-state index in [0.717, 1.165) is 44.6 Å². The summed E-state index contributed by atoms with van der Waals surface area (Å²) >= 11 is 0. The molecule has 2 saturated heterocycles. The number of piperidine rings is 2. The van der Waals surface area contributed by atoms with Crippen molar-refractivity contribution in [1.29, 1.82) is 0 Å². The van der Waals surface area contributed by atoms with Gasteiger partial charge in [0.2, 0.25) is 5.91 Å². The third kappa shape index (κ3) is 8.00. The molecule has 2 aromatic rings. The van der Waals surface area contributed by atoms with Gasteiger partial charge in [0, 0.05) is 39.1 Å². The standard InChI is InChI=1S/C30H37F6N3O/c1-37(28(40)11-10-22-18-24(29(31,32)33)20-25(19-22)30(34,35)36)21-27(23-8-4-2-5-9-23)39-16-12-26(13-17-39)38-14-6-3-7-15-38/h2,4-5,8-9,18-20,26-27H,3,6-7,10-17,21H2,1H3. The summed E-state index contributed by atoms with van der Waals surface area (Å²) in [6, 6.07) is 11.9. The summed E-state index contributed by atoms with van der Waals surface area (Å²) in [5.74, 6) is -0.324. The first-order valence-corrected chi connectivity index (χ1v) is 14.0. The van der Waals surface area contributed by atoms with Gasteiger partial charge >= 0.3 is 12.4 Å². The molecule has 4 nitrogen and oxygen atoms in total. The van der Waals surface area contributed by atoms with Crippen molar-refractivity contribution in [3.05, 3.63) is 70.8 Å². The molecule has 4 rings (SSSR count). The Hall–Kier alpha value is -2.59. The minimum atomic E-state index is -4.92. The zero-order chi connectivity index (χ0) is 28.9. The molecule has 220 valence electrons. The summed E-state index contributed by atoms with van der Waals surface area (Å²) in [7, 11) is 1.64. The number of hydrogen-bond acceptors (Lipinski definition) is 3. The molecule has 2 heterocycles. The minimum absolute atomic E-state index is 0.0529. The van der Waals surface area contributed by atoms with E-state index < -0.39 is 23.5 Å². The second-order valence-corrected chi connectivity index (χ2v) is 11.0. The van der Waals surface area contributed by atoms with Gasteiger partial charge in [-0.25, -0.2) is 0 Å². The van der Waals surface area contributed by atoms with E-state index in [-0.39, 0.29) is 36.4 Å². The molecule has 0 bridgehead atoms. The lowest BCUT2D eigenvalue weighted by atomic mass is 9.96. The van der Waals surface area contributed by atoms with Gasteiger partial charge in [-0.2, -0.15) is 26.3 Å². The van der Waals surface area contributed by atoms with Gasteiger partial charge in [-0.05, 0) is 74.5 Å². The number of hydrogen-bond donors (Lipinski definition) is 0. The molecule has 2 aliphatic rings. The highest BCUT2D eigenvalue weighted by Gasteiger charge is 2.37. The highest BCUT2D eigenvalue weighted by Crippen LogP contribution is 2.36. The third-order valence-electron chi connectivity index (χ3n) is 8.18. The van der Waals surface area contributed by atoms with E-state index in [1.807, 2.05) is 30.3 Å². The number of likely N-dealkylation sites (N-methyl/N-ethyl adjacent to an activating group) is 1. The Morgan fingerprint density at radius 2 is 1.45 bits per heavy atom. The predicted octanol–water partition coefficient (Wildman–Crippen LogP) is 6.81. The van der Waals surface area contributed by atoms with Gasteiger partial charge in [-0.15, -0.1) is 0 Å². The normalized spacial score (nSPS) is 19.0. The molecule has 0 radical (unpaired) electrons. The largest absolute Gasteiger partial charge is 0.416 e. The topological polar surface area (TPSA) is 26.8 Å². The summed E-state index contributed by atoms with van der Waals surface area (Å²) in [6.45, 7) is 4.48. The molecule has 2 aromatic carbocycles.